The number of amides is 2. The fraction of sp³-hybridized carbons (Fsp3) is 0.667. The highest BCUT2D eigenvalue weighted by Gasteiger charge is 2.27. The number of piperazine rings is 1. The minimum absolute atomic E-state index is 0.00525. The maximum Gasteiger partial charge on any atom is 0.410 e. The smallest absolute Gasteiger partial charge is 0.410 e. The van der Waals surface area contributed by atoms with Gasteiger partial charge in [-0.15, -0.1) is 11.3 Å². The Morgan fingerprint density at radius 2 is 1.96 bits per heavy atom. The molecular weight excluding hydrogens is 316 g/mol. The van der Waals surface area contributed by atoms with Crippen LogP contribution in [-0.2, 0) is 9.53 Å². The van der Waals surface area contributed by atoms with Gasteiger partial charge in [-0.25, -0.2) is 9.78 Å². The summed E-state index contributed by atoms with van der Waals surface area (Å²) >= 11 is 1.44. The number of ether oxygens (including phenoxy) is 1. The molecule has 1 aromatic rings. The summed E-state index contributed by atoms with van der Waals surface area (Å²) in [6.45, 7) is 8.37. The van der Waals surface area contributed by atoms with Crippen LogP contribution < -0.4 is 4.90 Å². The lowest BCUT2D eigenvalue weighted by Crippen LogP contribution is -2.52. The molecule has 0 aliphatic carbocycles. The number of hydrogen-bond donors (Lipinski definition) is 0. The lowest BCUT2D eigenvalue weighted by Gasteiger charge is -2.35. The van der Waals surface area contributed by atoms with E-state index in [4.69, 9.17) is 4.74 Å². The molecule has 0 aromatic carbocycles. The lowest BCUT2D eigenvalue weighted by atomic mass is 10.2. The van der Waals surface area contributed by atoms with Crippen molar-refractivity contribution in [1.29, 1.82) is 0 Å². The Morgan fingerprint density at radius 1 is 1.30 bits per heavy atom. The second-order valence-electron chi connectivity index (χ2n) is 6.51. The van der Waals surface area contributed by atoms with E-state index in [-0.39, 0.29) is 12.0 Å². The number of thiazole rings is 1. The van der Waals surface area contributed by atoms with E-state index in [1.807, 2.05) is 31.1 Å². The zero-order chi connectivity index (χ0) is 17.0. The summed E-state index contributed by atoms with van der Waals surface area (Å²) in [7, 11) is 1.73. The molecule has 23 heavy (non-hydrogen) atoms. The lowest BCUT2D eigenvalue weighted by molar-refractivity contribution is -0.119. The summed E-state index contributed by atoms with van der Waals surface area (Å²) in [5.74, 6) is 0.00525. The summed E-state index contributed by atoms with van der Waals surface area (Å²) < 4.78 is 5.37. The first-order valence-electron chi connectivity index (χ1n) is 7.62. The number of nitrogens with zero attached hydrogens (tertiary/aromatic N) is 4. The first-order chi connectivity index (χ1) is 10.8. The van der Waals surface area contributed by atoms with Gasteiger partial charge in [0.15, 0.2) is 5.13 Å². The largest absolute Gasteiger partial charge is 0.444 e. The Hall–Kier alpha value is -1.67. The summed E-state index contributed by atoms with van der Waals surface area (Å²) in [5.41, 5.74) is -0.486. The Kier molecular flexibility index (Phi) is 5.59. The van der Waals surface area contributed by atoms with E-state index in [2.05, 4.69) is 4.98 Å². The molecule has 0 radical (unpaired) electrons. The maximum atomic E-state index is 12.3. The van der Waals surface area contributed by atoms with Crippen molar-refractivity contribution in [3.63, 3.8) is 0 Å². The Morgan fingerprint density at radius 3 is 2.48 bits per heavy atom. The van der Waals surface area contributed by atoms with E-state index in [1.165, 1.54) is 11.3 Å². The van der Waals surface area contributed by atoms with Crippen LogP contribution in [0.25, 0.3) is 0 Å². The highest BCUT2D eigenvalue weighted by atomic mass is 32.1. The molecule has 2 heterocycles. The predicted octanol–water partition coefficient (Wildman–Crippen LogP) is 1.66. The van der Waals surface area contributed by atoms with Crippen LogP contribution in [0.3, 0.4) is 0 Å². The minimum Gasteiger partial charge on any atom is -0.444 e. The molecule has 8 heteroatoms. The van der Waals surface area contributed by atoms with Gasteiger partial charge in [0.25, 0.3) is 0 Å². The van der Waals surface area contributed by atoms with Crippen LogP contribution in [0.1, 0.15) is 20.8 Å². The number of carbonyl (C=O) groups is 2. The fourth-order valence-corrected chi connectivity index (χ4v) is 2.83. The first-order valence-corrected chi connectivity index (χ1v) is 8.50. The van der Waals surface area contributed by atoms with E-state index < -0.39 is 5.60 Å². The van der Waals surface area contributed by atoms with Crippen molar-refractivity contribution in [2.75, 3.05) is 44.7 Å². The number of aromatic nitrogens is 1. The number of hydrogen-bond acceptors (Lipinski definition) is 6. The van der Waals surface area contributed by atoms with Crippen LogP contribution in [-0.4, -0.2) is 72.2 Å². The van der Waals surface area contributed by atoms with E-state index in [0.29, 0.717) is 37.9 Å². The fourth-order valence-electron chi connectivity index (χ4n) is 2.20. The van der Waals surface area contributed by atoms with Gasteiger partial charge in [0.1, 0.15) is 5.60 Å². The topological polar surface area (TPSA) is 66.0 Å². The second kappa shape index (κ2) is 7.27. The van der Waals surface area contributed by atoms with Crippen molar-refractivity contribution in [2.24, 2.45) is 0 Å². The third kappa shape index (κ3) is 5.18. The molecule has 2 rings (SSSR count). The molecule has 0 unspecified atom stereocenters. The highest BCUT2D eigenvalue weighted by Crippen LogP contribution is 2.16. The SMILES string of the molecule is CN(C(=O)CN1CCN(C(=O)OC(C)(C)C)CC1)c1nccs1. The molecule has 0 atom stereocenters. The van der Waals surface area contributed by atoms with E-state index >= 15 is 0 Å². The molecule has 0 spiro atoms. The van der Waals surface area contributed by atoms with Gasteiger partial charge in [-0.1, -0.05) is 0 Å². The van der Waals surface area contributed by atoms with Crippen LogP contribution in [0.4, 0.5) is 9.93 Å². The number of rotatable bonds is 3. The van der Waals surface area contributed by atoms with Crippen molar-refractivity contribution in [2.45, 2.75) is 26.4 Å². The van der Waals surface area contributed by atoms with Crippen molar-refractivity contribution >= 4 is 28.5 Å². The van der Waals surface area contributed by atoms with Gasteiger partial charge in [-0.05, 0) is 20.8 Å². The molecule has 1 aliphatic rings. The van der Waals surface area contributed by atoms with E-state index in [1.54, 1.807) is 23.0 Å². The van der Waals surface area contributed by atoms with Crippen molar-refractivity contribution < 1.29 is 14.3 Å². The van der Waals surface area contributed by atoms with E-state index in [0.717, 1.165) is 0 Å². The van der Waals surface area contributed by atoms with Gasteiger partial charge >= 0.3 is 6.09 Å². The highest BCUT2D eigenvalue weighted by molar-refractivity contribution is 7.13. The summed E-state index contributed by atoms with van der Waals surface area (Å²) in [4.78, 5) is 33.7. The van der Waals surface area contributed by atoms with Crippen LogP contribution >= 0.6 is 11.3 Å². The average molecular weight is 340 g/mol. The quantitative estimate of drug-likeness (QED) is 0.837. The number of carbonyl (C=O) groups excluding carboxylic acids is 2. The molecule has 1 saturated heterocycles. The van der Waals surface area contributed by atoms with Gasteiger partial charge in [0.2, 0.25) is 5.91 Å². The molecule has 7 nitrogen and oxygen atoms in total. The molecular formula is C15H24N4O3S. The summed E-state index contributed by atoms with van der Waals surface area (Å²) in [6, 6.07) is 0. The van der Waals surface area contributed by atoms with Crippen molar-refractivity contribution in [1.82, 2.24) is 14.8 Å². The van der Waals surface area contributed by atoms with Gasteiger partial charge in [0.05, 0.1) is 6.54 Å². The average Bonchev–Trinajstić information content (AvgIpc) is 2.99. The third-order valence-corrected chi connectivity index (χ3v) is 4.31. The summed E-state index contributed by atoms with van der Waals surface area (Å²) in [5, 5.41) is 2.54. The Labute approximate surface area is 140 Å². The van der Waals surface area contributed by atoms with Gasteiger partial charge in [-0.2, -0.15) is 0 Å². The molecule has 1 aliphatic heterocycles. The third-order valence-electron chi connectivity index (χ3n) is 3.46. The van der Waals surface area contributed by atoms with Crippen LogP contribution in [0.15, 0.2) is 11.6 Å². The van der Waals surface area contributed by atoms with E-state index in [9.17, 15) is 9.59 Å². The molecule has 2 amide bonds. The molecule has 1 aromatic heterocycles. The van der Waals surface area contributed by atoms with Crippen LogP contribution in [0.2, 0.25) is 0 Å². The van der Waals surface area contributed by atoms with Crippen LogP contribution in [0, 0.1) is 0 Å². The standard InChI is InChI=1S/C15H24N4O3S/c1-15(2,3)22-14(21)19-8-6-18(7-9-19)11-12(20)17(4)13-16-5-10-23-13/h5,10H,6-9,11H2,1-4H3. The number of anilines is 1. The molecule has 0 saturated carbocycles. The zero-order valence-electron chi connectivity index (χ0n) is 14.1. The first kappa shape index (κ1) is 17.7. The van der Waals surface area contributed by atoms with Crippen LogP contribution in [0.5, 0.6) is 0 Å². The second-order valence-corrected chi connectivity index (χ2v) is 7.38. The van der Waals surface area contributed by atoms with Gasteiger partial charge in [-0.3, -0.25) is 14.6 Å². The normalized spacial score (nSPS) is 16.3. The van der Waals surface area contributed by atoms with Crippen molar-refractivity contribution in [3.8, 4) is 0 Å². The monoisotopic (exact) mass is 340 g/mol. The Balaban J connectivity index is 1.78. The number of likely N-dealkylation sites (N-methyl/N-ethyl adjacent to an activating group) is 1. The maximum absolute atomic E-state index is 12.3. The molecule has 128 valence electrons. The minimum atomic E-state index is -0.486. The van der Waals surface area contributed by atoms with Gasteiger partial charge < -0.3 is 9.64 Å². The molecule has 0 N–H and O–H groups in total. The molecule has 0 bridgehead atoms. The Bertz CT molecular complexity index is 533. The molecule has 1 fully saturated rings. The van der Waals surface area contributed by atoms with Gasteiger partial charge in [0, 0.05) is 44.8 Å². The predicted molar refractivity (Wildman–Crippen MR) is 89.8 cm³/mol. The zero-order valence-corrected chi connectivity index (χ0v) is 14.9. The summed E-state index contributed by atoms with van der Waals surface area (Å²) in [6.07, 6.45) is 1.40. The van der Waals surface area contributed by atoms with Crippen molar-refractivity contribution in [3.05, 3.63) is 11.6 Å².